The minimum Gasteiger partial charge on any atom is -0.366 e. The highest BCUT2D eigenvalue weighted by Gasteiger charge is 2.04. The Morgan fingerprint density at radius 1 is 0.697 bits per heavy atom. The molecule has 4 aromatic rings. The van der Waals surface area contributed by atoms with E-state index in [9.17, 15) is 4.79 Å². The first-order chi connectivity index (χ1) is 16.2. The van der Waals surface area contributed by atoms with E-state index in [4.69, 9.17) is 10.7 Å². The van der Waals surface area contributed by atoms with Gasteiger partial charge < -0.3 is 16.4 Å². The van der Waals surface area contributed by atoms with Crippen LogP contribution in [-0.2, 0) is 13.1 Å². The number of aliphatic imine (C=N–C) groups is 1. The van der Waals surface area contributed by atoms with Crippen LogP contribution in [0.1, 0.15) is 21.5 Å². The molecule has 0 atom stereocenters. The zero-order valence-corrected chi connectivity index (χ0v) is 18.2. The molecule has 0 aliphatic heterocycles. The number of para-hydroxylation sites is 1. The van der Waals surface area contributed by atoms with Gasteiger partial charge in [0.25, 0.3) is 0 Å². The van der Waals surface area contributed by atoms with Crippen LogP contribution in [0.25, 0.3) is 11.1 Å². The molecule has 0 bridgehead atoms. The topological polar surface area (TPSA) is 79.5 Å². The van der Waals surface area contributed by atoms with Crippen molar-refractivity contribution in [3.8, 4) is 11.1 Å². The predicted octanol–water partition coefficient (Wildman–Crippen LogP) is 5.21. The number of primary amides is 1. The number of anilines is 1. The highest BCUT2D eigenvalue weighted by atomic mass is 16.1. The van der Waals surface area contributed by atoms with Gasteiger partial charge in [-0.3, -0.25) is 4.79 Å². The molecule has 0 aromatic heterocycles. The summed E-state index contributed by atoms with van der Waals surface area (Å²) in [6.07, 6.45) is 0. The molecule has 4 N–H and O–H groups in total. The van der Waals surface area contributed by atoms with E-state index in [1.165, 1.54) is 11.1 Å². The first-order valence-corrected chi connectivity index (χ1v) is 10.8. The van der Waals surface area contributed by atoms with E-state index < -0.39 is 5.91 Å². The SMILES string of the molecule is NC(=O)c1ccc(CNC(=NCc2ccc(-c3ccccc3)cc2)Nc2ccccc2)cc1. The summed E-state index contributed by atoms with van der Waals surface area (Å²) < 4.78 is 0. The third kappa shape index (κ3) is 6.31. The fourth-order valence-electron chi connectivity index (χ4n) is 3.37. The standard InChI is InChI=1S/C28H26N4O/c29-27(33)25-17-13-22(14-18-25)20-31-28(32-26-9-5-2-6-10-26)30-19-21-11-15-24(16-12-21)23-7-3-1-4-8-23/h1-18H,19-20H2,(H2,29,33)(H2,30,31,32). The van der Waals surface area contributed by atoms with Gasteiger partial charge in [0.2, 0.25) is 5.91 Å². The van der Waals surface area contributed by atoms with E-state index in [0.717, 1.165) is 16.8 Å². The highest BCUT2D eigenvalue weighted by Crippen LogP contribution is 2.19. The van der Waals surface area contributed by atoms with Crippen LogP contribution in [0.15, 0.2) is 114 Å². The minimum absolute atomic E-state index is 0.430. The molecule has 1 amide bonds. The molecule has 5 nitrogen and oxygen atoms in total. The number of hydrogen-bond donors (Lipinski definition) is 3. The summed E-state index contributed by atoms with van der Waals surface area (Å²) in [7, 11) is 0. The molecule has 0 saturated heterocycles. The van der Waals surface area contributed by atoms with Crippen LogP contribution >= 0.6 is 0 Å². The van der Waals surface area contributed by atoms with E-state index in [1.54, 1.807) is 12.1 Å². The molecule has 0 aliphatic rings. The zero-order chi connectivity index (χ0) is 22.9. The molecule has 164 valence electrons. The van der Waals surface area contributed by atoms with Crippen molar-refractivity contribution < 1.29 is 4.79 Å². The minimum atomic E-state index is -0.430. The Hall–Kier alpha value is -4.38. The van der Waals surface area contributed by atoms with Gasteiger partial charge in [0.1, 0.15) is 0 Å². The highest BCUT2D eigenvalue weighted by molar-refractivity contribution is 5.94. The number of guanidine groups is 1. The Bertz CT molecular complexity index is 1200. The average molecular weight is 435 g/mol. The summed E-state index contributed by atoms with van der Waals surface area (Å²) in [6, 6.07) is 35.9. The smallest absolute Gasteiger partial charge is 0.248 e. The molecule has 33 heavy (non-hydrogen) atoms. The third-order valence-electron chi connectivity index (χ3n) is 5.22. The Morgan fingerprint density at radius 3 is 1.91 bits per heavy atom. The van der Waals surface area contributed by atoms with E-state index >= 15 is 0 Å². The van der Waals surface area contributed by atoms with Crippen molar-refractivity contribution in [3.05, 3.63) is 126 Å². The number of carbonyl (C=O) groups is 1. The Balaban J connectivity index is 1.46. The lowest BCUT2D eigenvalue weighted by Gasteiger charge is -2.13. The molecule has 0 fully saturated rings. The third-order valence-corrected chi connectivity index (χ3v) is 5.22. The maximum atomic E-state index is 11.3. The molecule has 0 unspecified atom stereocenters. The van der Waals surface area contributed by atoms with Crippen LogP contribution in [0.2, 0.25) is 0 Å². The number of nitrogens with two attached hydrogens (primary N) is 1. The molecule has 0 saturated carbocycles. The van der Waals surface area contributed by atoms with Gasteiger partial charge in [0.15, 0.2) is 5.96 Å². The molecule has 5 heteroatoms. The van der Waals surface area contributed by atoms with Gasteiger partial charge in [-0.2, -0.15) is 0 Å². The normalized spacial score (nSPS) is 11.1. The van der Waals surface area contributed by atoms with Crippen LogP contribution < -0.4 is 16.4 Å². The molecule has 4 rings (SSSR count). The van der Waals surface area contributed by atoms with Crippen LogP contribution in [-0.4, -0.2) is 11.9 Å². The van der Waals surface area contributed by atoms with Crippen LogP contribution in [0.5, 0.6) is 0 Å². The summed E-state index contributed by atoms with van der Waals surface area (Å²) in [6.45, 7) is 1.10. The van der Waals surface area contributed by atoms with E-state index in [2.05, 4.69) is 47.0 Å². The van der Waals surface area contributed by atoms with Gasteiger partial charge in [0.05, 0.1) is 6.54 Å². The number of carbonyl (C=O) groups excluding carboxylic acids is 1. The quantitative estimate of drug-likeness (QED) is 0.276. The molecular formula is C28H26N4O. The Morgan fingerprint density at radius 2 is 1.27 bits per heavy atom. The van der Waals surface area contributed by atoms with Gasteiger partial charge in [-0.15, -0.1) is 0 Å². The van der Waals surface area contributed by atoms with Crippen LogP contribution in [0.3, 0.4) is 0 Å². The second kappa shape index (κ2) is 10.8. The van der Waals surface area contributed by atoms with Crippen LogP contribution in [0.4, 0.5) is 5.69 Å². The molecule has 0 heterocycles. The molecular weight excluding hydrogens is 408 g/mol. The van der Waals surface area contributed by atoms with Crippen molar-refractivity contribution in [2.45, 2.75) is 13.1 Å². The van der Waals surface area contributed by atoms with Gasteiger partial charge in [-0.1, -0.05) is 84.9 Å². The molecule has 0 spiro atoms. The zero-order valence-electron chi connectivity index (χ0n) is 18.2. The van der Waals surface area contributed by atoms with Gasteiger partial charge in [0, 0.05) is 17.8 Å². The molecule has 0 aliphatic carbocycles. The number of rotatable bonds is 7. The maximum Gasteiger partial charge on any atom is 0.248 e. The predicted molar refractivity (Wildman–Crippen MR) is 135 cm³/mol. The monoisotopic (exact) mass is 434 g/mol. The summed E-state index contributed by atoms with van der Waals surface area (Å²) >= 11 is 0. The maximum absolute atomic E-state index is 11.3. The molecule has 4 aromatic carbocycles. The summed E-state index contributed by atoms with van der Waals surface area (Å²) in [5.41, 5.74) is 11.3. The van der Waals surface area contributed by atoms with Gasteiger partial charge in [-0.25, -0.2) is 4.99 Å². The number of nitrogens with one attached hydrogen (secondary N) is 2. The van der Waals surface area contributed by atoms with Gasteiger partial charge in [-0.05, 0) is 46.5 Å². The Labute approximate surface area is 194 Å². The number of nitrogens with zero attached hydrogens (tertiary/aromatic N) is 1. The van der Waals surface area contributed by atoms with Crippen molar-refractivity contribution in [1.29, 1.82) is 0 Å². The fraction of sp³-hybridized carbons (Fsp3) is 0.0714. The first-order valence-electron chi connectivity index (χ1n) is 10.8. The largest absolute Gasteiger partial charge is 0.366 e. The first kappa shape index (κ1) is 21.8. The summed E-state index contributed by atoms with van der Waals surface area (Å²) in [5, 5.41) is 6.71. The lowest BCUT2D eigenvalue weighted by molar-refractivity contribution is 0.100. The lowest BCUT2D eigenvalue weighted by atomic mass is 10.0. The fourth-order valence-corrected chi connectivity index (χ4v) is 3.37. The van der Waals surface area contributed by atoms with Crippen molar-refractivity contribution >= 4 is 17.6 Å². The van der Waals surface area contributed by atoms with E-state index in [0.29, 0.717) is 24.6 Å². The second-order valence-electron chi connectivity index (χ2n) is 7.63. The van der Waals surface area contributed by atoms with Crippen molar-refractivity contribution in [2.24, 2.45) is 10.7 Å². The van der Waals surface area contributed by atoms with E-state index in [-0.39, 0.29) is 0 Å². The number of benzene rings is 4. The second-order valence-corrected chi connectivity index (χ2v) is 7.63. The summed E-state index contributed by atoms with van der Waals surface area (Å²) in [5.74, 6) is 0.244. The van der Waals surface area contributed by atoms with Crippen molar-refractivity contribution in [3.63, 3.8) is 0 Å². The van der Waals surface area contributed by atoms with Crippen molar-refractivity contribution in [1.82, 2.24) is 5.32 Å². The summed E-state index contributed by atoms with van der Waals surface area (Å²) in [4.78, 5) is 16.1. The molecule has 0 radical (unpaired) electrons. The lowest BCUT2D eigenvalue weighted by Crippen LogP contribution is -2.30. The van der Waals surface area contributed by atoms with Gasteiger partial charge >= 0.3 is 0 Å². The Kier molecular flexibility index (Phi) is 7.13. The van der Waals surface area contributed by atoms with Crippen LogP contribution in [0, 0.1) is 0 Å². The van der Waals surface area contributed by atoms with Crippen molar-refractivity contribution in [2.75, 3.05) is 5.32 Å². The van der Waals surface area contributed by atoms with E-state index in [1.807, 2.05) is 60.7 Å². The average Bonchev–Trinajstić information content (AvgIpc) is 2.87. The number of amides is 1. The number of hydrogen-bond acceptors (Lipinski definition) is 2.